The molecule has 1 saturated heterocycles. The number of hydrogen-bond acceptors (Lipinski definition) is 4. The Hall–Kier alpha value is -1.59. The number of nitrogen functional groups attached to an aromatic ring is 1. The van der Waals surface area contributed by atoms with Gasteiger partial charge >= 0.3 is 0 Å². The molecule has 21 heavy (non-hydrogen) atoms. The third-order valence-corrected chi connectivity index (χ3v) is 4.01. The maximum absolute atomic E-state index is 12.6. The van der Waals surface area contributed by atoms with Gasteiger partial charge in [-0.05, 0) is 38.7 Å². The number of amides is 1. The van der Waals surface area contributed by atoms with Crippen LogP contribution in [0.4, 0.5) is 5.69 Å². The number of aryl methyl sites for hydroxylation is 1. The van der Waals surface area contributed by atoms with Crippen molar-refractivity contribution in [2.24, 2.45) is 0 Å². The third kappa shape index (κ3) is 4.19. The Morgan fingerprint density at radius 3 is 2.52 bits per heavy atom. The lowest BCUT2D eigenvalue weighted by Gasteiger charge is -2.35. The highest BCUT2D eigenvalue weighted by Crippen LogP contribution is 2.16. The van der Waals surface area contributed by atoms with Crippen molar-refractivity contribution in [3.05, 3.63) is 29.3 Å². The molecule has 0 atom stereocenters. The maximum Gasteiger partial charge on any atom is 0.254 e. The van der Waals surface area contributed by atoms with E-state index in [1.807, 2.05) is 24.0 Å². The zero-order valence-corrected chi connectivity index (χ0v) is 13.3. The summed E-state index contributed by atoms with van der Waals surface area (Å²) in [7, 11) is 4.17. The van der Waals surface area contributed by atoms with Crippen LogP contribution in [0.15, 0.2) is 18.2 Å². The topological polar surface area (TPSA) is 52.8 Å². The van der Waals surface area contributed by atoms with Gasteiger partial charge in [0.2, 0.25) is 0 Å². The minimum Gasteiger partial charge on any atom is -0.399 e. The second-order valence-corrected chi connectivity index (χ2v) is 6.01. The van der Waals surface area contributed by atoms with E-state index in [-0.39, 0.29) is 5.91 Å². The molecular weight excluding hydrogens is 264 g/mol. The fourth-order valence-electron chi connectivity index (χ4n) is 2.56. The standard InChI is InChI=1S/C16H26N4O/c1-13-4-5-14(17)12-15(13)16(21)20-10-8-19(9-11-20)7-6-18(2)3/h4-5,12H,6-11,17H2,1-3H3. The van der Waals surface area contributed by atoms with Crippen molar-refractivity contribution in [2.45, 2.75) is 6.92 Å². The molecule has 1 fully saturated rings. The first-order valence-electron chi connectivity index (χ1n) is 7.50. The van der Waals surface area contributed by atoms with Gasteiger partial charge in [-0.1, -0.05) is 6.07 Å². The van der Waals surface area contributed by atoms with Crippen LogP contribution < -0.4 is 5.73 Å². The van der Waals surface area contributed by atoms with Crippen LogP contribution >= 0.6 is 0 Å². The van der Waals surface area contributed by atoms with Crippen LogP contribution in [-0.2, 0) is 0 Å². The summed E-state index contributed by atoms with van der Waals surface area (Å²) in [5.41, 5.74) is 8.17. The van der Waals surface area contributed by atoms with Crippen molar-refractivity contribution >= 4 is 11.6 Å². The number of carbonyl (C=O) groups excluding carboxylic acids is 1. The van der Waals surface area contributed by atoms with Gasteiger partial charge in [-0.15, -0.1) is 0 Å². The van der Waals surface area contributed by atoms with Crippen LogP contribution in [0, 0.1) is 6.92 Å². The Morgan fingerprint density at radius 2 is 1.90 bits per heavy atom. The zero-order valence-electron chi connectivity index (χ0n) is 13.3. The van der Waals surface area contributed by atoms with E-state index < -0.39 is 0 Å². The quantitative estimate of drug-likeness (QED) is 0.837. The molecule has 5 nitrogen and oxygen atoms in total. The van der Waals surface area contributed by atoms with Crippen molar-refractivity contribution in [2.75, 3.05) is 59.1 Å². The minimum atomic E-state index is 0.104. The number of piperazine rings is 1. The fraction of sp³-hybridized carbons (Fsp3) is 0.562. The van der Waals surface area contributed by atoms with Gasteiger partial charge in [-0.25, -0.2) is 0 Å². The van der Waals surface area contributed by atoms with Crippen LogP contribution in [0.2, 0.25) is 0 Å². The van der Waals surface area contributed by atoms with E-state index >= 15 is 0 Å². The van der Waals surface area contributed by atoms with Gasteiger partial charge in [0.05, 0.1) is 0 Å². The second kappa shape index (κ2) is 6.91. The van der Waals surface area contributed by atoms with Crippen molar-refractivity contribution < 1.29 is 4.79 Å². The van der Waals surface area contributed by atoms with E-state index in [1.54, 1.807) is 6.07 Å². The Morgan fingerprint density at radius 1 is 1.24 bits per heavy atom. The lowest BCUT2D eigenvalue weighted by Crippen LogP contribution is -2.50. The van der Waals surface area contributed by atoms with E-state index in [4.69, 9.17) is 5.73 Å². The molecule has 0 bridgehead atoms. The predicted molar refractivity (Wildman–Crippen MR) is 86.5 cm³/mol. The van der Waals surface area contributed by atoms with Crippen LogP contribution in [0.1, 0.15) is 15.9 Å². The van der Waals surface area contributed by atoms with Gasteiger partial charge in [0.15, 0.2) is 0 Å². The first-order chi connectivity index (χ1) is 9.97. The molecular formula is C16H26N4O. The molecule has 0 spiro atoms. The summed E-state index contributed by atoms with van der Waals surface area (Å²) < 4.78 is 0. The van der Waals surface area contributed by atoms with Gasteiger partial charge in [0.25, 0.3) is 5.91 Å². The average Bonchev–Trinajstić information content (AvgIpc) is 2.47. The molecule has 0 unspecified atom stereocenters. The predicted octanol–water partition coefficient (Wildman–Crippen LogP) is 0.897. The summed E-state index contributed by atoms with van der Waals surface area (Å²) >= 11 is 0. The molecule has 0 radical (unpaired) electrons. The summed E-state index contributed by atoms with van der Waals surface area (Å²) in [5, 5.41) is 0. The molecule has 1 amide bonds. The Labute approximate surface area is 127 Å². The number of anilines is 1. The first-order valence-corrected chi connectivity index (χ1v) is 7.50. The van der Waals surface area contributed by atoms with Crippen LogP contribution in [0.25, 0.3) is 0 Å². The molecule has 0 saturated carbocycles. The molecule has 1 aliphatic rings. The molecule has 2 rings (SSSR count). The highest BCUT2D eigenvalue weighted by Gasteiger charge is 2.23. The van der Waals surface area contributed by atoms with Crippen molar-refractivity contribution in [1.82, 2.24) is 14.7 Å². The lowest BCUT2D eigenvalue weighted by molar-refractivity contribution is 0.0629. The normalized spacial score (nSPS) is 16.5. The largest absolute Gasteiger partial charge is 0.399 e. The smallest absolute Gasteiger partial charge is 0.254 e. The van der Waals surface area contributed by atoms with Gasteiger partial charge in [0.1, 0.15) is 0 Å². The summed E-state index contributed by atoms with van der Waals surface area (Å²) in [6, 6.07) is 5.54. The molecule has 0 aromatic heterocycles. The number of nitrogens with two attached hydrogens (primary N) is 1. The average molecular weight is 290 g/mol. The lowest BCUT2D eigenvalue weighted by atomic mass is 10.1. The molecule has 5 heteroatoms. The van der Waals surface area contributed by atoms with Crippen molar-refractivity contribution in [1.29, 1.82) is 0 Å². The molecule has 1 aliphatic heterocycles. The van der Waals surface area contributed by atoms with E-state index in [2.05, 4.69) is 23.9 Å². The molecule has 0 aliphatic carbocycles. The zero-order chi connectivity index (χ0) is 15.4. The summed E-state index contributed by atoms with van der Waals surface area (Å²) in [5.74, 6) is 0.104. The van der Waals surface area contributed by atoms with Gasteiger partial charge in [0, 0.05) is 50.5 Å². The molecule has 2 N–H and O–H groups in total. The third-order valence-electron chi connectivity index (χ3n) is 4.01. The number of carbonyl (C=O) groups is 1. The first kappa shape index (κ1) is 15.8. The van der Waals surface area contributed by atoms with E-state index in [0.29, 0.717) is 5.69 Å². The van der Waals surface area contributed by atoms with Crippen LogP contribution in [0.3, 0.4) is 0 Å². The van der Waals surface area contributed by atoms with E-state index in [9.17, 15) is 4.79 Å². The molecule has 1 aromatic rings. The van der Waals surface area contributed by atoms with Gasteiger partial charge in [-0.2, -0.15) is 0 Å². The summed E-state index contributed by atoms with van der Waals surface area (Å²) in [6.45, 7) is 7.55. The van der Waals surface area contributed by atoms with Crippen LogP contribution in [-0.4, -0.2) is 74.0 Å². The Kier molecular flexibility index (Phi) is 5.20. The SMILES string of the molecule is Cc1ccc(N)cc1C(=O)N1CCN(CCN(C)C)CC1. The number of likely N-dealkylation sites (N-methyl/N-ethyl adjacent to an activating group) is 1. The number of rotatable bonds is 4. The maximum atomic E-state index is 12.6. The molecule has 1 aromatic carbocycles. The summed E-state index contributed by atoms with van der Waals surface area (Å²) in [4.78, 5) is 19.1. The summed E-state index contributed by atoms with van der Waals surface area (Å²) in [6.07, 6.45) is 0. The van der Waals surface area contributed by atoms with Crippen LogP contribution in [0.5, 0.6) is 0 Å². The van der Waals surface area contributed by atoms with Gasteiger partial charge < -0.3 is 15.5 Å². The van der Waals surface area contributed by atoms with E-state index in [0.717, 1.165) is 50.4 Å². The fourth-order valence-corrected chi connectivity index (χ4v) is 2.56. The Balaban J connectivity index is 1.92. The number of nitrogens with zero attached hydrogens (tertiary/aromatic N) is 3. The van der Waals surface area contributed by atoms with Crippen molar-refractivity contribution in [3.63, 3.8) is 0 Å². The Bertz CT molecular complexity index is 493. The highest BCUT2D eigenvalue weighted by atomic mass is 16.2. The number of hydrogen-bond donors (Lipinski definition) is 1. The molecule has 1 heterocycles. The highest BCUT2D eigenvalue weighted by molar-refractivity contribution is 5.96. The second-order valence-electron chi connectivity index (χ2n) is 6.01. The van der Waals surface area contributed by atoms with Gasteiger partial charge in [-0.3, -0.25) is 9.69 Å². The monoisotopic (exact) mass is 290 g/mol. The van der Waals surface area contributed by atoms with Crippen molar-refractivity contribution in [3.8, 4) is 0 Å². The minimum absolute atomic E-state index is 0.104. The van der Waals surface area contributed by atoms with E-state index in [1.165, 1.54) is 0 Å². The molecule has 116 valence electrons. The number of benzene rings is 1.